The fourth-order valence-electron chi connectivity index (χ4n) is 2.33. The maximum absolute atomic E-state index is 3.65. The van der Waals surface area contributed by atoms with Gasteiger partial charge >= 0.3 is 0 Å². The summed E-state index contributed by atoms with van der Waals surface area (Å²) in [6.45, 7) is 4.45. The molecule has 1 aromatic rings. The zero-order chi connectivity index (χ0) is 13.0. The van der Waals surface area contributed by atoms with Crippen molar-refractivity contribution in [1.82, 2.24) is 10.2 Å². The van der Waals surface area contributed by atoms with E-state index >= 15 is 0 Å². The van der Waals surface area contributed by atoms with Gasteiger partial charge in [0.25, 0.3) is 0 Å². The van der Waals surface area contributed by atoms with Gasteiger partial charge in [0.2, 0.25) is 0 Å². The van der Waals surface area contributed by atoms with Crippen molar-refractivity contribution in [1.29, 1.82) is 0 Å². The highest BCUT2D eigenvalue weighted by Gasteiger charge is 2.25. The molecule has 1 fully saturated rings. The van der Waals surface area contributed by atoms with Crippen molar-refractivity contribution in [3.8, 4) is 0 Å². The van der Waals surface area contributed by atoms with Crippen LogP contribution in [-0.2, 0) is 6.54 Å². The van der Waals surface area contributed by atoms with Gasteiger partial charge in [0.05, 0.1) is 0 Å². The third-order valence-electron chi connectivity index (χ3n) is 3.72. The third kappa shape index (κ3) is 4.11. The highest BCUT2D eigenvalue weighted by atomic mass is 15.1. The van der Waals surface area contributed by atoms with E-state index in [1.165, 1.54) is 24.8 Å². The lowest BCUT2D eigenvalue weighted by atomic mass is 10.0. The molecule has 1 aliphatic rings. The molecular weight excluding hydrogens is 220 g/mol. The minimum Gasteiger partial charge on any atom is -0.310 e. The van der Waals surface area contributed by atoms with E-state index in [9.17, 15) is 0 Å². The first-order chi connectivity index (χ1) is 8.66. The number of nitrogens with one attached hydrogen (secondary N) is 1. The van der Waals surface area contributed by atoms with Gasteiger partial charge in [0.15, 0.2) is 0 Å². The van der Waals surface area contributed by atoms with Crippen LogP contribution in [0.4, 0.5) is 0 Å². The number of hydrogen-bond donors (Lipinski definition) is 1. The molecule has 0 heterocycles. The maximum atomic E-state index is 3.65. The van der Waals surface area contributed by atoms with Crippen molar-refractivity contribution in [2.45, 2.75) is 44.7 Å². The van der Waals surface area contributed by atoms with Gasteiger partial charge in [-0.15, -0.1) is 0 Å². The van der Waals surface area contributed by atoms with E-state index < -0.39 is 0 Å². The predicted octanol–water partition coefficient (Wildman–Crippen LogP) is 2.99. The summed E-state index contributed by atoms with van der Waals surface area (Å²) < 4.78 is 0. The van der Waals surface area contributed by atoms with Gasteiger partial charge in [0.1, 0.15) is 0 Å². The van der Waals surface area contributed by atoms with Crippen molar-refractivity contribution < 1.29 is 0 Å². The van der Waals surface area contributed by atoms with Gasteiger partial charge < -0.3 is 10.2 Å². The van der Waals surface area contributed by atoms with Gasteiger partial charge in [-0.05, 0) is 63.9 Å². The summed E-state index contributed by atoms with van der Waals surface area (Å²) in [6, 6.07) is 9.50. The molecule has 1 unspecified atom stereocenters. The van der Waals surface area contributed by atoms with Gasteiger partial charge in [-0.1, -0.05) is 24.3 Å². The fraction of sp³-hybridized carbons (Fsp3) is 0.625. The Balaban J connectivity index is 1.82. The first-order valence-corrected chi connectivity index (χ1v) is 7.12. The zero-order valence-corrected chi connectivity index (χ0v) is 11.9. The first kappa shape index (κ1) is 13.6. The van der Waals surface area contributed by atoms with Crippen LogP contribution < -0.4 is 5.32 Å². The smallest absolute Gasteiger partial charge is 0.0210 e. The Morgan fingerprint density at radius 3 is 2.67 bits per heavy atom. The molecule has 1 aromatic carbocycles. The Hall–Kier alpha value is -0.860. The van der Waals surface area contributed by atoms with Crippen LogP contribution in [0.3, 0.4) is 0 Å². The Morgan fingerprint density at radius 1 is 1.28 bits per heavy atom. The monoisotopic (exact) mass is 246 g/mol. The molecule has 1 saturated carbocycles. The zero-order valence-electron chi connectivity index (χ0n) is 11.9. The number of rotatable bonds is 7. The molecule has 0 aromatic heterocycles. The lowest BCUT2D eigenvalue weighted by Gasteiger charge is -2.18. The summed E-state index contributed by atoms with van der Waals surface area (Å²) in [5, 5.41) is 3.65. The maximum Gasteiger partial charge on any atom is 0.0210 e. The molecule has 0 spiro atoms. The van der Waals surface area contributed by atoms with Crippen molar-refractivity contribution in [3.63, 3.8) is 0 Å². The van der Waals surface area contributed by atoms with Crippen LogP contribution in [-0.4, -0.2) is 31.6 Å². The molecule has 100 valence electrons. The highest BCUT2D eigenvalue weighted by Crippen LogP contribution is 2.41. The van der Waals surface area contributed by atoms with Crippen molar-refractivity contribution in [3.05, 3.63) is 35.4 Å². The molecule has 0 saturated heterocycles. The van der Waals surface area contributed by atoms with Crippen LogP contribution in [0.1, 0.15) is 43.2 Å². The molecule has 2 heteroatoms. The van der Waals surface area contributed by atoms with Gasteiger partial charge in [0, 0.05) is 12.6 Å². The Kier molecular flexibility index (Phi) is 4.79. The lowest BCUT2D eigenvalue weighted by Crippen LogP contribution is -2.29. The summed E-state index contributed by atoms with van der Waals surface area (Å²) in [5.41, 5.74) is 3.07. The van der Waals surface area contributed by atoms with Crippen LogP contribution in [0.2, 0.25) is 0 Å². The highest BCUT2D eigenvalue weighted by molar-refractivity contribution is 5.33. The van der Waals surface area contributed by atoms with E-state index in [-0.39, 0.29) is 0 Å². The van der Waals surface area contributed by atoms with Crippen LogP contribution in [0, 0.1) is 0 Å². The molecule has 18 heavy (non-hydrogen) atoms. The fourth-order valence-corrected chi connectivity index (χ4v) is 2.33. The molecular formula is C16H26N2. The predicted molar refractivity (Wildman–Crippen MR) is 77.9 cm³/mol. The van der Waals surface area contributed by atoms with Crippen molar-refractivity contribution in [2.75, 3.05) is 20.6 Å². The van der Waals surface area contributed by atoms with E-state index in [2.05, 4.69) is 55.5 Å². The first-order valence-electron chi connectivity index (χ1n) is 7.12. The molecule has 2 rings (SSSR count). The molecule has 0 bridgehead atoms. The van der Waals surface area contributed by atoms with E-state index in [0.717, 1.165) is 19.0 Å². The number of benzene rings is 1. The van der Waals surface area contributed by atoms with Crippen LogP contribution in [0.5, 0.6) is 0 Å². The normalized spacial score (nSPS) is 17.1. The number of nitrogens with zero attached hydrogens (tertiary/aromatic N) is 1. The van der Waals surface area contributed by atoms with Crippen LogP contribution in [0.25, 0.3) is 0 Å². The molecule has 0 amide bonds. The Bertz CT molecular complexity index is 369. The summed E-state index contributed by atoms with van der Waals surface area (Å²) in [6.07, 6.45) is 3.97. The molecule has 1 N–H and O–H groups in total. The van der Waals surface area contributed by atoms with E-state index in [4.69, 9.17) is 0 Å². The standard InChI is InChI=1S/C16H26N2/c1-13(10-11-18(2)3)17-12-15-6-4-5-7-16(15)14-8-9-14/h4-7,13-14,17H,8-12H2,1-3H3. The second-order valence-electron chi connectivity index (χ2n) is 5.85. The second-order valence-corrected chi connectivity index (χ2v) is 5.85. The summed E-state index contributed by atoms with van der Waals surface area (Å²) in [4.78, 5) is 2.25. The van der Waals surface area contributed by atoms with Crippen molar-refractivity contribution in [2.24, 2.45) is 0 Å². The summed E-state index contributed by atoms with van der Waals surface area (Å²) in [5.74, 6) is 0.847. The molecule has 0 aliphatic heterocycles. The molecule has 2 nitrogen and oxygen atoms in total. The van der Waals surface area contributed by atoms with Gasteiger partial charge in [-0.2, -0.15) is 0 Å². The molecule has 1 aliphatic carbocycles. The molecule has 1 atom stereocenters. The minimum atomic E-state index is 0.583. The van der Waals surface area contributed by atoms with E-state index in [0.29, 0.717) is 6.04 Å². The quantitative estimate of drug-likeness (QED) is 0.795. The largest absolute Gasteiger partial charge is 0.310 e. The average molecular weight is 246 g/mol. The van der Waals surface area contributed by atoms with Gasteiger partial charge in [-0.3, -0.25) is 0 Å². The van der Waals surface area contributed by atoms with E-state index in [1.54, 1.807) is 5.56 Å². The Morgan fingerprint density at radius 2 is 2.00 bits per heavy atom. The third-order valence-corrected chi connectivity index (χ3v) is 3.72. The van der Waals surface area contributed by atoms with Crippen molar-refractivity contribution >= 4 is 0 Å². The minimum absolute atomic E-state index is 0.583. The molecule has 0 radical (unpaired) electrons. The summed E-state index contributed by atoms with van der Waals surface area (Å²) >= 11 is 0. The van der Waals surface area contributed by atoms with Crippen LogP contribution >= 0.6 is 0 Å². The topological polar surface area (TPSA) is 15.3 Å². The Labute approximate surface area is 111 Å². The number of hydrogen-bond acceptors (Lipinski definition) is 2. The van der Waals surface area contributed by atoms with E-state index in [1.807, 2.05) is 0 Å². The van der Waals surface area contributed by atoms with Crippen LogP contribution in [0.15, 0.2) is 24.3 Å². The summed E-state index contributed by atoms with van der Waals surface area (Å²) in [7, 11) is 4.27. The second kappa shape index (κ2) is 6.35. The SMILES string of the molecule is CC(CCN(C)C)NCc1ccccc1C1CC1. The lowest BCUT2D eigenvalue weighted by molar-refractivity contribution is 0.365. The average Bonchev–Trinajstić information content (AvgIpc) is 3.18. The van der Waals surface area contributed by atoms with Gasteiger partial charge in [-0.25, -0.2) is 0 Å².